The minimum Gasteiger partial charge on any atom is -0.320 e. The van der Waals surface area contributed by atoms with E-state index in [1.165, 1.54) is 12.1 Å². The Bertz CT molecular complexity index is 316. The highest BCUT2D eigenvalue weighted by molar-refractivity contribution is 5.18. The molecule has 0 fully saturated rings. The second kappa shape index (κ2) is 7.30. The van der Waals surface area contributed by atoms with E-state index in [1.807, 2.05) is 7.05 Å². The first-order valence-electron chi connectivity index (χ1n) is 5.53. The molecule has 0 heterocycles. The molecule has 0 spiro atoms. The first kappa shape index (κ1) is 13.1. The van der Waals surface area contributed by atoms with Crippen LogP contribution in [0.3, 0.4) is 0 Å². The summed E-state index contributed by atoms with van der Waals surface area (Å²) in [5.74, 6) is -0.986. The Morgan fingerprint density at radius 3 is 2.62 bits per heavy atom. The summed E-state index contributed by atoms with van der Waals surface area (Å²) in [6.07, 6.45) is 1.63. The lowest BCUT2D eigenvalue weighted by Crippen LogP contribution is -2.22. The predicted molar refractivity (Wildman–Crippen MR) is 61.5 cm³/mol. The van der Waals surface area contributed by atoms with Crippen molar-refractivity contribution in [2.45, 2.75) is 12.8 Å². The zero-order chi connectivity index (χ0) is 11.8. The average Bonchev–Trinajstić information content (AvgIpc) is 2.26. The molecule has 0 unspecified atom stereocenters. The fourth-order valence-corrected chi connectivity index (χ4v) is 1.46. The SMILES string of the molecule is CNCCCNCCc1ccc(F)cc1F. The van der Waals surface area contributed by atoms with Gasteiger partial charge in [0.1, 0.15) is 11.6 Å². The zero-order valence-corrected chi connectivity index (χ0v) is 9.52. The molecule has 1 aromatic rings. The summed E-state index contributed by atoms with van der Waals surface area (Å²) >= 11 is 0. The van der Waals surface area contributed by atoms with E-state index in [2.05, 4.69) is 10.6 Å². The van der Waals surface area contributed by atoms with Crippen molar-refractivity contribution in [1.29, 1.82) is 0 Å². The summed E-state index contributed by atoms with van der Waals surface area (Å²) < 4.78 is 25.8. The van der Waals surface area contributed by atoms with E-state index in [0.717, 1.165) is 25.6 Å². The van der Waals surface area contributed by atoms with Crippen LogP contribution in [-0.4, -0.2) is 26.7 Å². The molecule has 0 atom stereocenters. The largest absolute Gasteiger partial charge is 0.320 e. The van der Waals surface area contributed by atoms with Gasteiger partial charge < -0.3 is 10.6 Å². The van der Waals surface area contributed by atoms with Crippen LogP contribution < -0.4 is 10.6 Å². The lowest BCUT2D eigenvalue weighted by molar-refractivity contribution is 0.564. The van der Waals surface area contributed by atoms with Crippen molar-refractivity contribution in [1.82, 2.24) is 10.6 Å². The van der Waals surface area contributed by atoms with Crippen molar-refractivity contribution in [3.05, 3.63) is 35.4 Å². The molecule has 1 rings (SSSR count). The van der Waals surface area contributed by atoms with Gasteiger partial charge in [0.2, 0.25) is 0 Å². The molecule has 0 radical (unpaired) electrons. The molecule has 2 nitrogen and oxygen atoms in total. The van der Waals surface area contributed by atoms with E-state index >= 15 is 0 Å². The van der Waals surface area contributed by atoms with Gasteiger partial charge >= 0.3 is 0 Å². The summed E-state index contributed by atoms with van der Waals surface area (Å²) in [7, 11) is 1.91. The van der Waals surface area contributed by atoms with Crippen molar-refractivity contribution in [2.75, 3.05) is 26.7 Å². The fraction of sp³-hybridized carbons (Fsp3) is 0.500. The average molecular weight is 228 g/mol. The summed E-state index contributed by atoms with van der Waals surface area (Å²) in [6, 6.07) is 3.72. The van der Waals surface area contributed by atoms with Gasteiger partial charge in [-0.2, -0.15) is 0 Å². The molecule has 16 heavy (non-hydrogen) atoms. The number of nitrogens with one attached hydrogen (secondary N) is 2. The lowest BCUT2D eigenvalue weighted by atomic mass is 10.1. The van der Waals surface area contributed by atoms with E-state index in [9.17, 15) is 8.78 Å². The van der Waals surface area contributed by atoms with Crippen LogP contribution in [-0.2, 0) is 6.42 Å². The van der Waals surface area contributed by atoms with Crippen LogP contribution in [0.4, 0.5) is 8.78 Å². The molecule has 0 saturated heterocycles. The Labute approximate surface area is 95.1 Å². The van der Waals surface area contributed by atoms with Gasteiger partial charge in [0.05, 0.1) is 0 Å². The molecule has 0 amide bonds. The van der Waals surface area contributed by atoms with Gasteiger partial charge in [0, 0.05) is 6.07 Å². The van der Waals surface area contributed by atoms with Crippen molar-refractivity contribution in [2.24, 2.45) is 0 Å². The topological polar surface area (TPSA) is 24.1 Å². The highest BCUT2D eigenvalue weighted by atomic mass is 19.1. The standard InChI is InChI=1S/C12H18F2N2/c1-15-6-2-7-16-8-5-10-3-4-11(13)9-12(10)14/h3-4,9,15-16H,2,5-8H2,1H3. The van der Waals surface area contributed by atoms with Gasteiger partial charge in [-0.3, -0.25) is 0 Å². The quantitative estimate of drug-likeness (QED) is 0.694. The van der Waals surface area contributed by atoms with Crippen LogP contribution in [0.25, 0.3) is 0 Å². The first-order chi connectivity index (χ1) is 7.74. The monoisotopic (exact) mass is 228 g/mol. The zero-order valence-electron chi connectivity index (χ0n) is 9.52. The van der Waals surface area contributed by atoms with Gasteiger partial charge in [-0.05, 0) is 51.2 Å². The summed E-state index contributed by atoms with van der Waals surface area (Å²) in [5, 5.41) is 6.26. The second-order valence-corrected chi connectivity index (χ2v) is 3.69. The Hall–Kier alpha value is -1.00. The van der Waals surface area contributed by atoms with Gasteiger partial charge in [-0.1, -0.05) is 6.07 Å². The third-order valence-corrected chi connectivity index (χ3v) is 2.37. The van der Waals surface area contributed by atoms with Crippen LogP contribution in [0.5, 0.6) is 0 Å². The fourth-order valence-electron chi connectivity index (χ4n) is 1.46. The van der Waals surface area contributed by atoms with Crippen LogP contribution in [0.15, 0.2) is 18.2 Å². The molecule has 0 bridgehead atoms. The Balaban J connectivity index is 2.21. The van der Waals surface area contributed by atoms with E-state index < -0.39 is 11.6 Å². The molecule has 2 N–H and O–H groups in total. The van der Waals surface area contributed by atoms with Crippen LogP contribution >= 0.6 is 0 Å². The van der Waals surface area contributed by atoms with Gasteiger partial charge in [0.15, 0.2) is 0 Å². The van der Waals surface area contributed by atoms with E-state index in [-0.39, 0.29) is 0 Å². The van der Waals surface area contributed by atoms with Crippen molar-refractivity contribution < 1.29 is 8.78 Å². The third-order valence-electron chi connectivity index (χ3n) is 2.37. The first-order valence-corrected chi connectivity index (χ1v) is 5.53. The maximum absolute atomic E-state index is 13.2. The molecule has 0 aliphatic heterocycles. The van der Waals surface area contributed by atoms with Gasteiger partial charge in [-0.25, -0.2) is 8.78 Å². The Morgan fingerprint density at radius 1 is 1.12 bits per heavy atom. The summed E-state index contributed by atoms with van der Waals surface area (Å²) in [6.45, 7) is 2.59. The van der Waals surface area contributed by atoms with Crippen molar-refractivity contribution in [3.8, 4) is 0 Å². The molecular weight excluding hydrogens is 210 g/mol. The number of rotatable bonds is 7. The molecule has 0 saturated carbocycles. The van der Waals surface area contributed by atoms with E-state index in [4.69, 9.17) is 0 Å². The van der Waals surface area contributed by atoms with E-state index in [0.29, 0.717) is 18.5 Å². The number of halogens is 2. The molecule has 4 heteroatoms. The van der Waals surface area contributed by atoms with Crippen molar-refractivity contribution >= 4 is 0 Å². The Kier molecular flexibility index (Phi) is 5.96. The van der Waals surface area contributed by atoms with Crippen LogP contribution in [0.2, 0.25) is 0 Å². The Morgan fingerprint density at radius 2 is 1.94 bits per heavy atom. The minimum absolute atomic E-state index is 0.461. The summed E-state index contributed by atoms with van der Waals surface area (Å²) in [4.78, 5) is 0. The lowest BCUT2D eigenvalue weighted by Gasteiger charge is -2.05. The van der Waals surface area contributed by atoms with Crippen LogP contribution in [0, 0.1) is 11.6 Å². The number of hydrogen-bond donors (Lipinski definition) is 2. The number of hydrogen-bond acceptors (Lipinski definition) is 2. The molecular formula is C12H18F2N2. The molecule has 0 aliphatic carbocycles. The minimum atomic E-state index is -0.525. The second-order valence-electron chi connectivity index (χ2n) is 3.69. The van der Waals surface area contributed by atoms with Crippen LogP contribution in [0.1, 0.15) is 12.0 Å². The highest BCUT2D eigenvalue weighted by Crippen LogP contribution is 2.09. The smallest absolute Gasteiger partial charge is 0.129 e. The van der Waals surface area contributed by atoms with Crippen molar-refractivity contribution in [3.63, 3.8) is 0 Å². The summed E-state index contributed by atoms with van der Waals surface area (Å²) in [5.41, 5.74) is 0.558. The van der Waals surface area contributed by atoms with Gasteiger partial charge in [-0.15, -0.1) is 0 Å². The molecule has 90 valence electrons. The highest BCUT2D eigenvalue weighted by Gasteiger charge is 2.02. The number of benzene rings is 1. The predicted octanol–water partition coefficient (Wildman–Crippen LogP) is 1.71. The third kappa shape index (κ3) is 4.68. The normalized spacial score (nSPS) is 10.7. The maximum atomic E-state index is 13.2. The maximum Gasteiger partial charge on any atom is 0.129 e. The molecule has 0 aromatic heterocycles. The molecule has 1 aromatic carbocycles. The van der Waals surface area contributed by atoms with E-state index in [1.54, 1.807) is 0 Å². The molecule has 0 aliphatic rings. The van der Waals surface area contributed by atoms with Gasteiger partial charge in [0.25, 0.3) is 0 Å².